The lowest BCUT2D eigenvalue weighted by molar-refractivity contribution is 0.612. The molecule has 3 aliphatic rings. The maximum Gasteiger partial charge on any atom is 0.0502 e. The fourth-order valence-electron chi connectivity index (χ4n) is 12.3. The summed E-state index contributed by atoms with van der Waals surface area (Å²) in [6, 6.07) is 61.6. The van der Waals surface area contributed by atoms with E-state index < -0.39 is 0 Å². The lowest BCUT2D eigenvalue weighted by Crippen LogP contribution is -2.37. The third kappa shape index (κ3) is 6.36. The van der Waals surface area contributed by atoms with Gasteiger partial charge in [0.25, 0.3) is 0 Å². The van der Waals surface area contributed by atoms with Gasteiger partial charge in [-0.25, -0.2) is 0 Å². The van der Waals surface area contributed by atoms with Gasteiger partial charge in [-0.1, -0.05) is 193 Å². The molecule has 0 saturated heterocycles. The summed E-state index contributed by atoms with van der Waals surface area (Å²) in [6.07, 6.45) is 9.41. The van der Waals surface area contributed by atoms with Crippen molar-refractivity contribution >= 4 is 45.7 Å². The van der Waals surface area contributed by atoms with Gasteiger partial charge in [0, 0.05) is 39.9 Å². The van der Waals surface area contributed by atoms with Crippen molar-refractivity contribution in [3.8, 4) is 33.4 Å². The van der Waals surface area contributed by atoms with E-state index in [1.165, 1.54) is 111 Å². The van der Waals surface area contributed by atoms with Crippen LogP contribution in [-0.2, 0) is 16.2 Å². The van der Waals surface area contributed by atoms with E-state index in [0.717, 1.165) is 5.69 Å². The summed E-state index contributed by atoms with van der Waals surface area (Å²) in [5, 5.41) is 4.99. The number of nitrogens with zero attached hydrogens (tertiary/aromatic N) is 2. The third-order valence-corrected chi connectivity index (χ3v) is 15.6. The monoisotopic (exact) mass is 868 g/mol. The molecule has 0 spiro atoms. The van der Waals surface area contributed by atoms with Crippen LogP contribution in [0.25, 0.3) is 56.3 Å². The molecule has 8 aromatic rings. The lowest BCUT2D eigenvalue weighted by Gasteiger charge is -2.42. The van der Waals surface area contributed by atoms with Crippen LogP contribution in [0.15, 0.2) is 187 Å². The van der Waals surface area contributed by atoms with E-state index in [4.69, 9.17) is 0 Å². The van der Waals surface area contributed by atoms with Gasteiger partial charge in [-0.05, 0) is 145 Å². The van der Waals surface area contributed by atoms with Crippen molar-refractivity contribution in [3.05, 3.63) is 225 Å². The average molecular weight is 869 g/mol. The molecule has 8 aromatic carbocycles. The lowest BCUT2D eigenvalue weighted by atomic mass is 9.73. The molecule has 330 valence electrons. The first-order chi connectivity index (χ1) is 32.4. The zero-order valence-electron chi connectivity index (χ0n) is 40.5. The van der Waals surface area contributed by atoms with Crippen LogP contribution in [0.4, 0.5) is 22.7 Å². The number of fused-ring (bicyclic) bond motifs is 7. The van der Waals surface area contributed by atoms with E-state index in [0.29, 0.717) is 6.54 Å². The summed E-state index contributed by atoms with van der Waals surface area (Å²) in [4.78, 5) is 5.05. The average Bonchev–Trinajstić information content (AvgIpc) is 3.57. The fraction of sp³-hybridized carbons (Fsp3) is 0.200. The molecule has 2 aliphatic heterocycles. The molecule has 0 fully saturated rings. The quantitative estimate of drug-likeness (QED) is 0.164. The Morgan fingerprint density at radius 2 is 1.01 bits per heavy atom. The van der Waals surface area contributed by atoms with Crippen molar-refractivity contribution in [3.63, 3.8) is 0 Å². The highest BCUT2D eigenvalue weighted by atomic mass is 15.2. The Morgan fingerprint density at radius 3 is 1.67 bits per heavy atom. The van der Waals surface area contributed by atoms with Gasteiger partial charge in [-0.15, -0.1) is 0 Å². The first-order valence-corrected chi connectivity index (χ1v) is 24.1. The molecule has 0 aromatic heterocycles. The van der Waals surface area contributed by atoms with Crippen LogP contribution < -0.4 is 20.2 Å². The van der Waals surface area contributed by atoms with E-state index in [2.05, 4.69) is 260 Å². The van der Waals surface area contributed by atoms with Gasteiger partial charge in [-0.2, -0.15) is 0 Å². The molecule has 2 heteroatoms. The zero-order valence-corrected chi connectivity index (χ0v) is 40.5. The molecule has 2 heterocycles. The number of benzene rings is 8. The Labute approximate surface area is 397 Å². The zero-order chi connectivity index (χ0) is 46.4. The highest BCUT2D eigenvalue weighted by Gasteiger charge is 2.39. The van der Waals surface area contributed by atoms with E-state index in [1.807, 2.05) is 0 Å². The number of rotatable bonds is 6. The van der Waals surface area contributed by atoms with Gasteiger partial charge < -0.3 is 9.80 Å². The van der Waals surface area contributed by atoms with Crippen LogP contribution in [0.1, 0.15) is 90.1 Å². The van der Waals surface area contributed by atoms with Crippen molar-refractivity contribution in [1.82, 2.24) is 0 Å². The number of para-hydroxylation sites is 3. The third-order valence-electron chi connectivity index (χ3n) is 15.6. The molecule has 67 heavy (non-hydrogen) atoms. The van der Waals surface area contributed by atoms with E-state index in [-0.39, 0.29) is 16.2 Å². The molecule has 11 rings (SSSR count). The second kappa shape index (κ2) is 15.7. The Kier molecular flexibility index (Phi) is 9.98. The minimum atomic E-state index is -0.148. The van der Waals surface area contributed by atoms with Crippen LogP contribution >= 0.6 is 0 Å². The van der Waals surface area contributed by atoms with Gasteiger partial charge >= 0.3 is 0 Å². The predicted molar refractivity (Wildman–Crippen MR) is 287 cm³/mol. The van der Waals surface area contributed by atoms with Gasteiger partial charge in [-0.3, -0.25) is 0 Å². The van der Waals surface area contributed by atoms with Crippen molar-refractivity contribution in [2.24, 2.45) is 0 Å². The Morgan fingerprint density at radius 1 is 0.463 bits per heavy atom. The predicted octanol–water partition coefficient (Wildman–Crippen LogP) is 15.8. The summed E-state index contributed by atoms with van der Waals surface area (Å²) in [7, 11) is 0. The van der Waals surface area contributed by atoms with Crippen molar-refractivity contribution in [2.75, 3.05) is 16.3 Å². The fourth-order valence-corrected chi connectivity index (χ4v) is 12.3. The number of anilines is 4. The maximum atomic E-state index is 2.55. The standard InChI is InChI=1S/C65H60N2/c1-10-23-52-42(3)66(58-31-20-17-28-54(58)63(52,4)5)39-38-50-46(11-2)61(43-24-13-12-14-25-43)51-41-45(67-59-32-21-18-29-55(59)65(8,9)56-30-19-22-33-60(56)67)35-37-49(51)62(50)44-34-36-48-47-26-15-16-27-53(47)64(6,7)57(48)40-44/h10-38,40-41H,39H2,1-9H3/b23-10-,46-11+,50-38+. The Hall–Kier alpha value is -7.16. The summed E-state index contributed by atoms with van der Waals surface area (Å²) in [6.45, 7) is 21.6. The highest BCUT2D eigenvalue weighted by molar-refractivity contribution is 6.08. The smallest absolute Gasteiger partial charge is 0.0502 e. The molecule has 0 saturated carbocycles. The molecule has 2 nitrogen and oxygen atoms in total. The second-order valence-corrected chi connectivity index (χ2v) is 20.3. The SMILES string of the molecule is C/C=C\C1=C(C)N(C/C=c2/c(-c3ccc4c(c3)C(C)(C)c3ccccc3-4)c3ccc(N4c5ccccc5C(C)(C)c5ccccc54)cc3c(-c3ccccc3)/c2=C/C)c2ccccc2C1(C)C. The van der Waals surface area contributed by atoms with Crippen molar-refractivity contribution in [1.29, 1.82) is 0 Å². The van der Waals surface area contributed by atoms with E-state index >= 15 is 0 Å². The molecule has 0 radical (unpaired) electrons. The highest BCUT2D eigenvalue weighted by Crippen LogP contribution is 2.53. The molecular formula is C65H60N2. The number of hydrogen-bond acceptors (Lipinski definition) is 2. The molecule has 0 N–H and O–H groups in total. The normalized spacial score (nSPS) is 16.9. The summed E-state index contributed by atoms with van der Waals surface area (Å²) in [5.41, 5.74) is 21.5. The van der Waals surface area contributed by atoms with Gasteiger partial charge in [0.1, 0.15) is 0 Å². The Bertz CT molecular complexity index is 3450. The summed E-state index contributed by atoms with van der Waals surface area (Å²) >= 11 is 0. The molecule has 1 aliphatic carbocycles. The van der Waals surface area contributed by atoms with Crippen LogP contribution in [0, 0.1) is 0 Å². The first-order valence-electron chi connectivity index (χ1n) is 24.1. The molecule has 0 amide bonds. The van der Waals surface area contributed by atoms with Crippen LogP contribution in [0.2, 0.25) is 0 Å². The first kappa shape index (κ1) is 42.5. The molecular weight excluding hydrogens is 809 g/mol. The van der Waals surface area contributed by atoms with E-state index in [1.54, 1.807) is 0 Å². The largest absolute Gasteiger partial charge is 0.341 e. The van der Waals surface area contributed by atoms with Gasteiger partial charge in [0.05, 0.1) is 11.4 Å². The van der Waals surface area contributed by atoms with Gasteiger partial charge in [0.2, 0.25) is 0 Å². The summed E-state index contributed by atoms with van der Waals surface area (Å²) < 4.78 is 0. The van der Waals surface area contributed by atoms with Crippen molar-refractivity contribution < 1.29 is 0 Å². The van der Waals surface area contributed by atoms with E-state index in [9.17, 15) is 0 Å². The summed E-state index contributed by atoms with van der Waals surface area (Å²) in [5.74, 6) is 0. The molecule has 0 atom stereocenters. The maximum absolute atomic E-state index is 2.55. The van der Waals surface area contributed by atoms with Gasteiger partial charge in [0.15, 0.2) is 0 Å². The Balaban J connectivity index is 1.23. The van der Waals surface area contributed by atoms with Crippen LogP contribution in [-0.4, -0.2) is 6.54 Å². The minimum Gasteiger partial charge on any atom is -0.341 e. The second-order valence-electron chi connectivity index (χ2n) is 20.3. The van der Waals surface area contributed by atoms with Crippen LogP contribution in [0.5, 0.6) is 0 Å². The topological polar surface area (TPSA) is 6.48 Å². The molecule has 0 unspecified atom stereocenters. The minimum absolute atomic E-state index is 0.127. The number of hydrogen-bond donors (Lipinski definition) is 0. The number of allylic oxidation sites excluding steroid dienone is 4. The van der Waals surface area contributed by atoms with Crippen LogP contribution in [0.3, 0.4) is 0 Å². The molecule has 0 bridgehead atoms. The van der Waals surface area contributed by atoms with Crippen molar-refractivity contribution in [2.45, 2.75) is 78.6 Å².